The van der Waals surface area contributed by atoms with Gasteiger partial charge in [-0.05, 0) is 57.8 Å². The Hall–Kier alpha value is -0.770. The van der Waals surface area contributed by atoms with Gasteiger partial charge in [0.2, 0.25) is 0 Å². The average Bonchev–Trinajstić information content (AvgIpc) is 2.68. The second-order valence-electron chi connectivity index (χ2n) is 6.12. The lowest BCUT2D eigenvalue weighted by atomic mass is 9.88. The van der Waals surface area contributed by atoms with Crippen molar-refractivity contribution in [2.24, 2.45) is 11.7 Å². The summed E-state index contributed by atoms with van der Waals surface area (Å²) in [6.45, 7) is 6.26. The number of ether oxygens (including phenoxy) is 1. The number of hydrogen-bond acceptors (Lipinski definition) is 3. The first-order chi connectivity index (χ1) is 10.1. The summed E-state index contributed by atoms with van der Waals surface area (Å²) in [4.78, 5) is 2.54. The zero-order chi connectivity index (χ0) is 15.4. The van der Waals surface area contributed by atoms with E-state index in [9.17, 15) is 0 Å². The fraction of sp³-hybridized carbons (Fsp3) is 0.647. The minimum absolute atomic E-state index is 0.237. The van der Waals surface area contributed by atoms with E-state index in [-0.39, 0.29) is 6.04 Å². The van der Waals surface area contributed by atoms with Crippen molar-refractivity contribution in [1.29, 1.82) is 0 Å². The number of nitrogens with two attached hydrogens (primary N) is 1. The number of likely N-dealkylation sites (tertiary alicyclic amines) is 1. The van der Waals surface area contributed by atoms with E-state index in [2.05, 4.69) is 18.7 Å². The lowest BCUT2D eigenvalue weighted by molar-refractivity contribution is 0.119. The number of hydrogen-bond donors (Lipinski definition) is 1. The van der Waals surface area contributed by atoms with Crippen LogP contribution < -0.4 is 10.5 Å². The van der Waals surface area contributed by atoms with Gasteiger partial charge in [0.25, 0.3) is 0 Å². The van der Waals surface area contributed by atoms with Crippen molar-refractivity contribution in [3.63, 3.8) is 0 Å². The lowest BCUT2D eigenvalue weighted by Gasteiger charge is -2.38. The molecule has 0 spiro atoms. The fourth-order valence-corrected chi connectivity index (χ4v) is 3.76. The molecule has 0 bridgehead atoms. The predicted molar refractivity (Wildman–Crippen MR) is 89.0 cm³/mol. The van der Waals surface area contributed by atoms with E-state index in [0.717, 1.165) is 29.3 Å². The molecule has 1 aromatic carbocycles. The van der Waals surface area contributed by atoms with Crippen LogP contribution in [0.2, 0.25) is 5.02 Å². The van der Waals surface area contributed by atoms with Gasteiger partial charge in [-0.2, -0.15) is 0 Å². The van der Waals surface area contributed by atoms with Crippen LogP contribution in [0.4, 0.5) is 0 Å². The van der Waals surface area contributed by atoms with Crippen LogP contribution in [0.1, 0.15) is 44.7 Å². The Morgan fingerprint density at radius 2 is 2.14 bits per heavy atom. The van der Waals surface area contributed by atoms with Gasteiger partial charge in [-0.25, -0.2) is 0 Å². The molecule has 2 unspecified atom stereocenters. The largest absolute Gasteiger partial charge is 0.496 e. The van der Waals surface area contributed by atoms with Crippen LogP contribution in [0.3, 0.4) is 0 Å². The van der Waals surface area contributed by atoms with E-state index < -0.39 is 0 Å². The Bertz CT molecular complexity index is 464. The molecule has 1 aliphatic heterocycles. The fourth-order valence-electron chi connectivity index (χ4n) is 3.48. The van der Waals surface area contributed by atoms with Gasteiger partial charge in [0.05, 0.1) is 7.11 Å². The van der Waals surface area contributed by atoms with Crippen molar-refractivity contribution >= 4 is 11.6 Å². The van der Waals surface area contributed by atoms with E-state index in [4.69, 9.17) is 22.1 Å². The van der Waals surface area contributed by atoms with Crippen molar-refractivity contribution in [2.45, 2.75) is 45.2 Å². The molecule has 0 aromatic heterocycles. The third-order valence-corrected chi connectivity index (χ3v) is 4.87. The van der Waals surface area contributed by atoms with Gasteiger partial charge in [-0.15, -0.1) is 0 Å². The van der Waals surface area contributed by atoms with Crippen LogP contribution in [-0.4, -0.2) is 31.1 Å². The highest BCUT2D eigenvalue weighted by atomic mass is 35.5. The summed E-state index contributed by atoms with van der Waals surface area (Å²) < 4.78 is 5.59. The summed E-state index contributed by atoms with van der Waals surface area (Å²) in [5.74, 6) is 1.29. The Balaban J connectivity index is 2.52. The van der Waals surface area contributed by atoms with Gasteiger partial charge in [0.1, 0.15) is 5.75 Å². The molecule has 0 amide bonds. The molecule has 0 saturated carbocycles. The van der Waals surface area contributed by atoms with Gasteiger partial charge in [-0.1, -0.05) is 24.1 Å². The van der Waals surface area contributed by atoms with Gasteiger partial charge in [0, 0.05) is 22.7 Å². The van der Waals surface area contributed by atoms with Gasteiger partial charge >= 0.3 is 0 Å². The lowest BCUT2D eigenvalue weighted by Crippen LogP contribution is -2.40. The van der Waals surface area contributed by atoms with Crippen LogP contribution >= 0.6 is 11.6 Å². The number of rotatable bonds is 4. The minimum atomic E-state index is 0.237. The van der Waals surface area contributed by atoms with Gasteiger partial charge in [-0.3, -0.25) is 4.90 Å². The summed E-state index contributed by atoms with van der Waals surface area (Å²) in [6.07, 6.45) is 3.60. The number of halogens is 1. The highest BCUT2D eigenvalue weighted by Crippen LogP contribution is 2.43. The Labute approximate surface area is 133 Å². The quantitative estimate of drug-likeness (QED) is 0.917. The standard InChI is InChI=1S/C17H27ClN2O/c1-12(2)20-10-5-4-7-13(11-19)17(20)16-14(18)8-6-9-15(16)21-3/h6,8-9,12-13,17H,4-5,7,10-11,19H2,1-3H3. The molecule has 1 heterocycles. The normalized spacial score (nSPS) is 24.1. The summed E-state index contributed by atoms with van der Waals surface area (Å²) in [5, 5.41) is 0.783. The zero-order valence-corrected chi connectivity index (χ0v) is 14.1. The maximum absolute atomic E-state index is 6.54. The van der Waals surface area contributed by atoms with Crippen molar-refractivity contribution in [2.75, 3.05) is 20.2 Å². The molecule has 1 aromatic rings. The third kappa shape index (κ3) is 3.53. The van der Waals surface area contributed by atoms with Gasteiger partial charge in [0.15, 0.2) is 0 Å². The Morgan fingerprint density at radius 1 is 1.38 bits per heavy atom. The van der Waals surface area contributed by atoms with Crippen LogP contribution in [0.15, 0.2) is 18.2 Å². The van der Waals surface area contributed by atoms with Gasteiger partial charge < -0.3 is 10.5 Å². The van der Waals surface area contributed by atoms with E-state index in [1.165, 1.54) is 12.8 Å². The average molecular weight is 311 g/mol. The van der Waals surface area contributed by atoms with Crippen molar-refractivity contribution < 1.29 is 4.74 Å². The van der Waals surface area contributed by atoms with E-state index >= 15 is 0 Å². The van der Waals surface area contributed by atoms with Crippen molar-refractivity contribution in [3.8, 4) is 5.75 Å². The highest BCUT2D eigenvalue weighted by Gasteiger charge is 2.34. The first-order valence-corrected chi connectivity index (χ1v) is 8.26. The Kier molecular flexibility index (Phi) is 5.91. The summed E-state index contributed by atoms with van der Waals surface area (Å²) in [5.41, 5.74) is 7.20. The molecular formula is C17H27ClN2O. The summed E-state index contributed by atoms with van der Waals surface area (Å²) in [7, 11) is 1.71. The first kappa shape index (κ1) is 16.6. The summed E-state index contributed by atoms with van der Waals surface area (Å²) >= 11 is 6.54. The molecule has 2 rings (SSSR count). The molecule has 2 N–H and O–H groups in total. The van der Waals surface area contributed by atoms with E-state index in [1.54, 1.807) is 7.11 Å². The maximum atomic E-state index is 6.54. The molecule has 1 fully saturated rings. The molecule has 2 atom stereocenters. The second kappa shape index (κ2) is 7.48. The van der Waals surface area contributed by atoms with Crippen molar-refractivity contribution in [3.05, 3.63) is 28.8 Å². The predicted octanol–water partition coefficient (Wildman–Crippen LogP) is 3.86. The molecule has 1 saturated heterocycles. The molecule has 0 radical (unpaired) electrons. The molecule has 118 valence electrons. The monoisotopic (exact) mass is 310 g/mol. The SMILES string of the molecule is COc1cccc(Cl)c1C1C(CN)CCCCN1C(C)C. The summed E-state index contributed by atoms with van der Waals surface area (Å²) in [6, 6.07) is 6.59. The molecule has 3 nitrogen and oxygen atoms in total. The number of methoxy groups -OCH3 is 1. The molecule has 21 heavy (non-hydrogen) atoms. The van der Waals surface area contributed by atoms with Crippen molar-refractivity contribution in [1.82, 2.24) is 4.90 Å². The first-order valence-electron chi connectivity index (χ1n) is 7.88. The minimum Gasteiger partial charge on any atom is -0.496 e. The molecule has 1 aliphatic rings. The molecule has 0 aliphatic carbocycles. The van der Waals surface area contributed by atoms with E-state index in [1.807, 2.05) is 18.2 Å². The molecule has 4 heteroatoms. The molecular weight excluding hydrogens is 284 g/mol. The van der Waals surface area contributed by atoms with Crippen LogP contribution in [0, 0.1) is 5.92 Å². The van der Waals surface area contributed by atoms with Crippen LogP contribution in [-0.2, 0) is 0 Å². The smallest absolute Gasteiger partial charge is 0.125 e. The van der Waals surface area contributed by atoms with Crippen LogP contribution in [0.5, 0.6) is 5.75 Å². The highest BCUT2D eigenvalue weighted by molar-refractivity contribution is 6.31. The second-order valence-corrected chi connectivity index (χ2v) is 6.53. The third-order valence-electron chi connectivity index (χ3n) is 4.54. The number of nitrogens with zero attached hydrogens (tertiary/aromatic N) is 1. The topological polar surface area (TPSA) is 38.5 Å². The zero-order valence-electron chi connectivity index (χ0n) is 13.3. The Morgan fingerprint density at radius 3 is 2.76 bits per heavy atom. The van der Waals surface area contributed by atoms with Crippen LogP contribution in [0.25, 0.3) is 0 Å². The van der Waals surface area contributed by atoms with E-state index in [0.29, 0.717) is 18.5 Å². The number of benzene rings is 1. The maximum Gasteiger partial charge on any atom is 0.125 e.